The van der Waals surface area contributed by atoms with E-state index in [0.29, 0.717) is 11.7 Å². The van der Waals surface area contributed by atoms with E-state index < -0.39 is 0 Å². The lowest BCUT2D eigenvalue weighted by Gasteiger charge is -2.19. The van der Waals surface area contributed by atoms with Gasteiger partial charge in [-0.1, -0.05) is 34.6 Å². The number of nitrogens with two attached hydrogens (primary N) is 1. The van der Waals surface area contributed by atoms with Crippen molar-refractivity contribution >= 4 is 5.82 Å². The van der Waals surface area contributed by atoms with Gasteiger partial charge in [0, 0.05) is 16.7 Å². The number of anilines is 1. The predicted molar refractivity (Wildman–Crippen MR) is 68.4 cm³/mol. The molecule has 90 valence electrons. The molecule has 16 heavy (non-hydrogen) atoms. The van der Waals surface area contributed by atoms with Gasteiger partial charge in [0.2, 0.25) is 0 Å². The Morgan fingerprint density at radius 1 is 1.19 bits per heavy atom. The molecule has 0 saturated carbocycles. The number of nitrogens with zero attached hydrogens (tertiary/aromatic N) is 2. The molecule has 1 rings (SSSR count). The summed E-state index contributed by atoms with van der Waals surface area (Å²) in [6.07, 6.45) is 0.960. The van der Waals surface area contributed by atoms with Gasteiger partial charge >= 0.3 is 0 Å². The Kier molecular flexibility index (Phi) is 3.56. The molecule has 3 nitrogen and oxygen atoms in total. The van der Waals surface area contributed by atoms with Gasteiger partial charge in [0.25, 0.3) is 0 Å². The molecule has 0 atom stereocenters. The Bertz CT molecular complexity index is 375. The van der Waals surface area contributed by atoms with Crippen LogP contribution >= 0.6 is 0 Å². The Labute approximate surface area is 98.5 Å². The maximum absolute atomic E-state index is 5.94. The van der Waals surface area contributed by atoms with Crippen LogP contribution in [0.3, 0.4) is 0 Å². The molecular formula is C13H23N3. The highest BCUT2D eigenvalue weighted by atomic mass is 15.0. The second-order valence-electron chi connectivity index (χ2n) is 5.85. The summed E-state index contributed by atoms with van der Waals surface area (Å²) in [5, 5.41) is 0. The van der Waals surface area contributed by atoms with E-state index >= 15 is 0 Å². The fourth-order valence-corrected chi connectivity index (χ4v) is 1.50. The summed E-state index contributed by atoms with van der Waals surface area (Å²) in [5.41, 5.74) is 8.01. The number of hydrogen-bond donors (Lipinski definition) is 1. The van der Waals surface area contributed by atoms with Gasteiger partial charge in [0.05, 0.1) is 0 Å². The molecule has 0 amide bonds. The first-order valence-corrected chi connectivity index (χ1v) is 5.85. The summed E-state index contributed by atoms with van der Waals surface area (Å²) in [5.74, 6) is 2.04. The molecule has 1 aromatic heterocycles. The van der Waals surface area contributed by atoms with Crippen molar-refractivity contribution in [1.82, 2.24) is 9.97 Å². The summed E-state index contributed by atoms with van der Waals surface area (Å²) in [7, 11) is 0. The first-order chi connectivity index (χ1) is 7.21. The van der Waals surface area contributed by atoms with E-state index in [2.05, 4.69) is 44.6 Å². The van der Waals surface area contributed by atoms with Gasteiger partial charge in [0.1, 0.15) is 11.6 Å². The minimum absolute atomic E-state index is 0.0481. The second-order valence-corrected chi connectivity index (χ2v) is 5.85. The zero-order valence-electron chi connectivity index (χ0n) is 11.3. The SMILES string of the molecule is Cc1c(N)nc(C(C)(C)C)nc1CC(C)C. The topological polar surface area (TPSA) is 51.8 Å². The van der Waals surface area contributed by atoms with E-state index in [1.54, 1.807) is 0 Å². The van der Waals surface area contributed by atoms with Gasteiger partial charge in [-0.2, -0.15) is 0 Å². The molecule has 3 heteroatoms. The van der Waals surface area contributed by atoms with Crippen molar-refractivity contribution in [3.8, 4) is 0 Å². The molecule has 0 fully saturated rings. The number of rotatable bonds is 2. The Balaban J connectivity index is 3.22. The summed E-state index contributed by atoms with van der Waals surface area (Å²) in [6.45, 7) is 12.7. The van der Waals surface area contributed by atoms with Crippen molar-refractivity contribution in [2.24, 2.45) is 5.92 Å². The van der Waals surface area contributed by atoms with Crippen LogP contribution in [-0.4, -0.2) is 9.97 Å². The van der Waals surface area contributed by atoms with Crippen LogP contribution in [-0.2, 0) is 11.8 Å². The van der Waals surface area contributed by atoms with Gasteiger partial charge in [-0.05, 0) is 19.3 Å². The van der Waals surface area contributed by atoms with Gasteiger partial charge in [-0.25, -0.2) is 9.97 Å². The molecule has 0 unspecified atom stereocenters. The third-order valence-corrected chi connectivity index (χ3v) is 2.56. The Morgan fingerprint density at radius 2 is 1.75 bits per heavy atom. The first-order valence-electron chi connectivity index (χ1n) is 5.85. The molecule has 1 aromatic rings. The lowest BCUT2D eigenvalue weighted by molar-refractivity contribution is 0.535. The van der Waals surface area contributed by atoms with Crippen molar-refractivity contribution in [1.29, 1.82) is 0 Å². The van der Waals surface area contributed by atoms with Crippen LogP contribution in [0.4, 0.5) is 5.82 Å². The molecule has 1 heterocycles. The fourth-order valence-electron chi connectivity index (χ4n) is 1.50. The minimum Gasteiger partial charge on any atom is -0.383 e. The second kappa shape index (κ2) is 4.40. The van der Waals surface area contributed by atoms with E-state index in [9.17, 15) is 0 Å². The summed E-state index contributed by atoms with van der Waals surface area (Å²) < 4.78 is 0. The van der Waals surface area contributed by atoms with Crippen molar-refractivity contribution in [3.05, 3.63) is 17.1 Å². The van der Waals surface area contributed by atoms with E-state index in [1.165, 1.54) is 0 Å². The third kappa shape index (κ3) is 2.94. The van der Waals surface area contributed by atoms with Crippen LogP contribution in [0.25, 0.3) is 0 Å². The molecule has 0 aliphatic rings. The summed E-state index contributed by atoms with van der Waals surface area (Å²) >= 11 is 0. The van der Waals surface area contributed by atoms with Crippen LogP contribution in [0, 0.1) is 12.8 Å². The van der Waals surface area contributed by atoms with Crippen molar-refractivity contribution in [3.63, 3.8) is 0 Å². The van der Waals surface area contributed by atoms with Crippen LogP contribution in [0.2, 0.25) is 0 Å². The van der Waals surface area contributed by atoms with Crippen LogP contribution in [0.15, 0.2) is 0 Å². The highest BCUT2D eigenvalue weighted by molar-refractivity contribution is 5.42. The van der Waals surface area contributed by atoms with Crippen LogP contribution in [0.5, 0.6) is 0 Å². The Morgan fingerprint density at radius 3 is 2.19 bits per heavy atom. The molecule has 0 bridgehead atoms. The molecule has 2 N–H and O–H groups in total. The Hall–Kier alpha value is -1.12. The standard InChI is InChI=1S/C13H23N3/c1-8(2)7-10-9(3)11(14)16-12(15-10)13(4,5)6/h8H,7H2,1-6H3,(H2,14,15,16). The van der Waals surface area contributed by atoms with Gasteiger partial charge in [0.15, 0.2) is 0 Å². The van der Waals surface area contributed by atoms with Crippen molar-refractivity contribution in [2.75, 3.05) is 5.73 Å². The average Bonchev–Trinajstić information content (AvgIpc) is 2.10. The van der Waals surface area contributed by atoms with Gasteiger partial charge in [-0.15, -0.1) is 0 Å². The molecule has 0 aromatic carbocycles. The quantitative estimate of drug-likeness (QED) is 0.835. The summed E-state index contributed by atoms with van der Waals surface area (Å²) in [4.78, 5) is 9.03. The van der Waals surface area contributed by atoms with E-state index in [1.807, 2.05) is 6.92 Å². The molecule has 0 spiro atoms. The highest BCUT2D eigenvalue weighted by Crippen LogP contribution is 2.23. The minimum atomic E-state index is -0.0481. The van der Waals surface area contributed by atoms with E-state index in [0.717, 1.165) is 23.5 Å². The number of hydrogen-bond acceptors (Lipinski definition) is 3. The van der Waals surface area contributed by atoms with Crippen molar-refractivity contribution < 1.29 is 0 Å². The zero-order chi connectivity index (χ0) is 12.5. The normalized spacial score (nSPS) is 12.2. The van der Waals surface area contributed by atoms with E-state index in [4.69, 9.17) is 5.73 Å². The highest BCUT2D eigenvalue weighted by Gasteiger charge is 2.20. The third-order valence-electron chi connectivity index (χ3n) is 2.56. The first kappa shape index (κ1) is 12.9. The largest absolute Gasteiger partial charge is 0.383 e. The van der Waals surface area contributed by atoms with Crippen LogP contribution in [0.1, 0.15) is 51.7 Å². The predicted octanol–water partition coefficient (Wildman–Crippen LogP) is 2.86. The molecule has 0 radical (unpaired) electrons. The fraction of sp³-hybridized carbons (Fsp3) is 0.692. The monoisotopic (exact) mass is 221 g/mol. The van der Waals surface area contributed by atoms with Crippen LogP contribution < -0.4 is 5.73 Å². The zero-order valence-corrected chi connectivity index (χ0v) is 11.3. The number of aromatic nitrogens is 2. The van der Waals surface area contributed by atoms with E-state index in [-0.39, 0.29) is 5.41 Å². The number of nitrogen functional groups attached to an aromatic ring is 1. The maximum Gasteiger partial charge on any atom is 0.136 e. The molecule has 0 saturated heterocycles. The van der Waals surface area contributed by atoms with Gasteiger partial charge in [-0.3, -0.25) is 0 Å². The van der Waals surface area contributed by atoms with Crippen molar-refractivity contribution in [2.45, 2.75) is 53.4 Å². The molecule has 0 aliphatic heterocycles. The summed E-state index contributed by atoms with van der Waals surface area (Å²) in [6, 6.07) is 0. The van der Waals surface area contributed by atoms with Gasteiger partial charge < -0.3 is 5.73 Å². The molecular weight excluding hydrogens is 198 g/mol. The lowest BCUT2D eigenvalue weighted by Crippen LogP contribution is -2.19. The smallest absolute Gasteiger partial charge is 0.136 e. The average molecular weight is 221 g/mol. The molecule has 0 aliphatic carbocycles. The lowest BCUT2D eigenvalue weighted by atomic mass is 9.94. The maximum atomic E-state index is 5.94.